The summed E-state index contributed by atoms with van der Waals surface area (Å²) in [5.41, 5.74) is 1.17. The Kier molecular flexibility index (Phi) is 11.0. The van der Waals surface area contributed by atoms with Crippen molar-refractivity contribution in [3.63, 3.8) is 0 Å². The largest absolute Gasteiger partial charge is 0.481 e. The van der Waals surface area contributed by atoms with Gasteiger partial charge in [0.15, 0.2) is 0 Å². The van der Waals surface area contributed by atoms with E-state index in [9.17, 15) is 19.2 Å². The summed E-state index contributed by atoms with van der Waals surface area (Å²) in [7, 11) is -0.601. The molecular weight excluding hydrogens is 687 g/mol. The fourth-order valence-electron chi connectivity index (χ4n) is 10.2. The molecule has 8 atom stereocenters. The number of nitrogens with one attached hydrogen (secondary N) is 2. The predicted octanol–water partition coefficient (Wildman–Crippen LogP) is 6.28. The smallest absolute Gasteiger partial charge is 0.444 e. The number of carbonyl (C=O) groups excluding carboxylic acids is 4. The number of carbonyl (C=O) groups is 4. The van der Waals surface area contributed by atoms with E-state index in [0.29, 0.717) is 37.8 Å². The summed E-state index contributed by atoms with van der Waals surface area (Å²) in [6.07, 6.45) is 8.22. The van der Waals surface area contributed by atoms with E-state index in [0.717, 1.165) is 68.9 Å². The van der Waals surface area contributed by atoms with Crippen LogP contribution in [-0.4, -0.2) is 88.9 Å². The first kappa shape index (κ1) is 38.9. The summed E-state index contributed by atoms with van der Waals surface area (Å²) in [6, 6.07) is 6.10. The molecule has 0 unspecified atom stereocenters. The third-order valence-electron chi connectivity index (χ3n) is 13.3. The van der Waals surface area contributed by atoms with E-state index in [1.165, 1.54) is 4.90 Å². The van der Waals surface area contributed by atoms with Crippen molar-refractivity contribution in [3.05, 3.63) is 35.4 Å². The van der Waals surface area contributed by atoms with Gasteiger partial charge in [-0.3, -0.25) is 14.5 Å². The lowest BCUT2D eigenvalue weighted by atomic mass is 9.43. The summed E-state index contributed by atoms with van der Waals surface area (Å²) >= 11 is 0. The predicted molar refractivity (Wildman–Crippen MR) is 203 cm³/mol. The van der Waals surface area contributed by atoms with Crippen LogP contribution in [0, 0.1) is 17.3 Å². The molecule has 2 bridgehead atoms. The molecular formula is C41H61BN4O8. The lowest BCUT2D eigenvalue weighted by Gasteiger charge is -2.64. The third-order valence-corrected chi connectivity index (χ3v) is 13.3. The molecule has 54 heavy (non-hydrogen) atoms. The van der Waals surface area contributed by atoms with Crippen LogP contribution in [0.25, 0.3) is 0 Å². The molecule has 0 radical (unpaired) electrons. The summed E-state index contributed by atoms with van der Waals surface area (Å²) in [6.45, 7) is 13.1. The molecule has 12 nitrogen and oxygen atoms in total. The van der Waals surface area contributed by atoms with Crippen molar-refractivity contribution >= 4 is 31.1 Å². The molecule has 1 aromatic rings. The molecule has 4 aliphatic heterocycles. The van der Waals surface area contributed by atoms with Gasteiger partial charge in [0.1, 0.15) is 23.8 Å². The van der Waals surface area contributed by atoms with Crippen molar-refractivity contribution in [2.45, 2.75) is 173 Å². The zero-order chi connectivity index (χ0) is 38.4. The van der Waals surface area contributed by atoms with Crippen molar-refractivity contribution in [2.24, 2.45) is 17.3 Å². The van der Waals surface area contributed by atoms with Crippen LogP contribution in [0.15, 0.2) is 24.3 Å². The van der Waals surface area contributed by atoms with Crippen molar-refractivity contribution in [2.75, 3.05) is 6.54 Å². The lowest BCUT2D eigenvalue weighted by Crippen LogP contribution is -2.65. The Labute approximate surface area is 321 Å². The van der Waals surface area contributed by atoms with Gasteiger partial charge < -0.3 is 34.3 Å². The SMILES string of the molecule is CC(C)(C)OC(=O)N[C@H]1CCCCCCCCC[C@@H](B2O[C@@H]3C[C@@H]4C[C@@H](C4(C)C)[C@]3(C)O2)NC(=O)[C@@H]2C[C@@H](OC(=O)N3Cc4ccccc4C3)CN2C1=O. The highest BCUT2D eigenvalue weighted by Crippen LogP contribution is 2.65. The van der Waals surface area contributed by atoms with Gasteiger partial charge in [0.05, 0.1) is 24.2 Å². The summed E-state index contributed by atoms with van der Waals surface area (Å²) in [5.74, 6) is -0.141. The second kappa shape index (κ2) is 15.3. The minimum absolute atomic E-state index is 0.0266. The number of ether oxygens (including phenoxy) is 2. The lowest BCUT2D eigenvalue weighted by molar-refractivity contribution is -0.199. The van der Waals surface area contributed by atoms with E-state index >= 15 is 0 Å². The summed E-state index contributed by atoms with van der Waals surface area (Å²) in [4.78, 5) is 58.8. The van der Waals surface area contributed by atoms with Crippen LogP contribution in [-0.2, 0) is 41.5 Å². The Morgan fingerprint density at radius 3 is 2.22 bits per heavy atom. The van der Waals surface area contributed by atoms with Crippen LogP contribution in [0.1, 0.15) is 130 Å². The molecule has 13 heteroatoms. The van der Waals surface area contributed by atoms with Crippen LogP contribution in [0.3, 0.4) is 0 Å². The first-order chi connectivity index (χ1) is 25.6. The molecule has 0 spiro atoms. The minimum atomic E-state index is -0.921. The number of nitrogens with zero attached hydrogens (tertiary/aromatic N) is 2. The number of fused-ring (bicyclic) bond motifs is 2. The fraction of sp³-hybridized carbons (Fsp3) is 0.756. The first-order valence-corrected chi connectivity index (χ1v) is 20.6. The maximum atomic E-state index is 14.5. The van der Waals surface area contributed by atoms with Crippen LogP contribution in [0.4, 0.5) is 9.59 Å². The molecule has 4 heterocycles. The fourth-order valence-corrected chi connectivity index (χ4v) is 10.2. The van der Waals surface area contributed by atoms with Crippen LogP contribution in [0.2, 0.25) is 0 Å². The van der Waals surface area contributed by atoms with E-state index < -0.39 is 54.6 Å². The number of amides is 4. The highest BCUT2D eigenvalue weighted by molar-refractivity contribution is 6.48. The zero-order valence-corrected chi connectivity index (χ0v) is 33.2. The highest BCUT2D eigenvalue weighted by atomic mass is 16.7. The molecule has 4 amide bonds. The van der Waals surface area contributed by atoms with Crippen LogP contribution < -0.4 is 10.6 Å². The summed E-state index contributed by atoms with van der Waals surface area (Å²) in [5, 5.41) is 6.12. The van der Waals surface area contributed by atoms with E-state index in [1.807, 2.05) is 24.3 Å². The van der Waals surface area contributed by atoms with E-state index in [1.54, 1.807) is 25.7 Å². The van der Waals surface area contributed by atoms with Gasteiger partial charge in [0.25, 0.3) is 0 Å². The zero-order valence-electron chi connectivity index (χ0n) is 33.2. The monoisotopic (exact) mass is 748 g/mol. The van der Waals surface area contributed by atoms with Crippen molar-refractivity contribution in [1.82, 2.24) is 20.4 Å². The Hall–Kier alpha value is -3.32. The third kappa shape index (κ3) is 7.99. The van der Waals surface area contributed by atoms with Crippen molar-refractivity contribution < 1.29 is 38.0 Å². The molecule has 1 aromatic carbocycles. The Morgan fingerprint density at radius 2 is 1.57 bits per heavy atom. The normalized spacial score (nSPS) is 34.3. The number of hydrogen-bond donors (Lipinski definition) is 2. The maximum Gasteiger partial charge on any atom is 0.481 e. The topological polar surface area (TPSA) is 136 Å². The number of alkyl carbamates (subject to hydrolysis) is 1. The van der Waals surface area contributed by atoms with Gasteiger partial charge in [-0.1, -0.05) is 83.1 Å². The molecule has 0 aromatic heterocycles. The Bertz CT molecular complexity index is 1560. The first-order valence-electron chi connectivity index (χ1n) is 20.6. The van der Waals surface area contributed by atoms with Gasteiger partial charge in [0, 0.05) is 19.5 Å². The average molecular weight is 749 g/mol. The second-order valence-corrected chi connectivity index (χ2v) is 18.6. The highest BCUT2D eigenvalue weighted by Gasteiger charge is 2.68. The average Bonchev–Trinajstić information content (AvgIpc) is 3.83. The standard InChI is InChI=1S/C41H61BN4O8/c1-39(2,3)52-37(49)43-30-18-12-10-8-7-9-11-13-19-34(42-53-33-21-28-20-32(40(28,4)5)41(33,6)54-42)44-35(47)31-22-29(25-46(31)36(30)48)51-38(50)45-23-26-16-14-15-17-27(26)24-45/h14-17,28-34H,7-13,18-25H2,1-6H3,(H,43,49)(H,44,47)/t28-,29+,30-,31-,32-,33+,34-,41-/m0/s1. The molecule has 6 fully saturated rings. The van der Waals surface area contributed by atoms with Gasteiger partial charge >= 0.3 is 19.3 Å². The van der Waals surface area contributed by atoms with Crippen molar-refractivity contribution in [3.8, 4) is 0 Å². The summed E-state index contributed by atoms with van der Waals surface area (Å²) < 4.78 is 25.2. The molecule has 8 rings (SSSR count). The van der Waals surface area contributed by atoms with Gasteiger partial charge in [-0.05, 0) is 81.8 Å². The van der Waals surface area contributed by atoms with Gasteiger partial charge in [-0.15, -0.1) is 0 Å². The maximum absolute atomic E-state index is 14.5. The molecule has 7 aliphatic rings. The molecule has 296 valence electrons. The molecule has 3 aliphatic carbocycles. The molecule has 3 saturated carbocycles. The number of hydrogen-bond acceptors (Lipinski definition) is 8. The van der Waals surface area contributed by atoms with Gasteiger partial charge in [-0.25, -0.2) is 9.59 Å². The van der Waals surface area contributed by atoms with Crippen LogP contribution >= 0.6 is 0 Å². The van der Waals surface area contributed by atoms with Crippen molar-refractivity contribution in [1.29, 1.82) is 0 Å². The Morgan fingerprint density at radius 1 is 0.926 bits per heavy atom. The molecule has 2 N–H and O–H groups in total. The minimum Gasteiger partial charge on any atom is -0.444 e. The van der Waals surface area contributed by atoms with Crippen LogP contribution in [0.5, 0.6) is 0 Å². The second-order valence-electron chi connectivity index (χ2n) is 18.6. The van der Waals surface area contributed by atoms with Gasteiger partial charge in [0.2, 0.25) is 11.8 Å². The van der Waals surface area contributed by atoms with Gasteiger partial charge in [-0.2, -0.15) is 0 Å². The number of benzene rings is 1. The quantitative estimate of drug-likeness (QED) is 0.345. The van der Waals surface area contributed by atoms with E-state index in [-0.39, 0.29) is 36.3 Å². The Balaban J connectivity index is 1.12. The van der Waals surface area contributed by atoms with E-state index in [4.69, 9.17) is 18.8 Å². The van der Waals surface area contributed by atoms with E-state index in [2.05, 4.69) is 31.4 Å². The molecule has 3 saturated heterocycles. The number of rotatable bonds is 3.